The Morgan fingerprint density at radius 1 is 1.10 bits per heavy atom. The summed E-state index contributed by atoms with van der Waals surface area (Å²) in [6.07, 6.45) is 6.80. The van der Waals surface area contributed by atoms with E-state index in [-0.39, 0.29) is 0 Å². The Morgan fingerprint density at radius 2 is 1.86 bits per heavy atom. The highest BCUT2D eigenvalue weighted by atomic mass is 15.2. The van der Waals surface area contributed by atoms with E-state index < -0.39 is 0 Å². The molecular weight excluding hydrogens is 260 g/mol. The fourth-order valence-electron chi connectivity index (χ4n) is 3.11. The molecule has 4 heteroatoms. The molecule has 0 aliphatic heterocycles. The number of para-hydroxylation sites is 1. The quantitative estimate of drug-likeness (QED) is 0.929. The molecule has 0 saturated heterocycles. The van der Waals surface area contributed by atoms with Crippen LogP contribution in [0.5, 0.6) is 0 Å². The summed E-state index contributed by atoms with van der Waals surface area (Å²) in [7, 11) is 4.05. The van der Waals surface area contributed by atoms with Gasteiger partial charge in [-0.05, 0) is 30.9 Å². The van der Waals surface area contributed by atoms with Crippen LogP contribution in [0.2, 0.25) is 0 Å². The number of rotatable bonds is 4. The van der Waals surface area contributed by atoms with Crippen molar-refractivity contribution in [2.45, 2.75) is 32.1 Å². The van der Waals surface area contributed by atoms with Crippen LogP contribution in [-0.4, -0.2) is 30.6 Å². The van der Waals surface area contributed by atoms with Crippen LogP contribution in [0.25, 0.3) is 10.9 Å². The zero-order valence-electron chi connectivity index (χ0n) is 13.0. The Kier molecular flexibility index (Phi) is 4.23. The Bertz CT molecular complexity index is 603. The molecule has 1 heterocycles. The lowest BCUT2D eigenvalue weighted by atomic mass is 9.89. The van der Waals surface area contributed by atoms with Crippen molar-refractivity contribution in [3.05, 3.63) is 24.3 Å². The third-order valence-corrected chi connectivity index (χ3v) is 4.28. The molecule has 0 amide bonds. The third-order valence-electron chi connectivity index (χ3n) is 4.28. The lowest BCUT2D eigenvalue weighted by Crippen LogP contribution is -2.19. The number of benzene rings is 1. The van der Waals surface area contributed by atoms with E-state index in [9.17, 15) is 0 Å². The molecule has 1 aromatic heterocycles. The second-order valence-electron chi connectivity index (χ2n) is 6.17. The predicted octanol–water partition coefficient (Wildman–Crippen LogP) is 3.69. The average molecular weight is 284 g/mol. The summed E-state index contributed by atoms with van der Waals surface area (Å²) in [6, 6.07) is 8.19. The van der Waals surface area contributed by atoms with Crippen LogP contribution in [0.4, 0.5) is 11.8 Å². The number of fused-ring (bicyclic) bond motifs is 1. The van der Waals surface area contributed by atoms with Crippen molar-refractivity contribution in [2.24, 2.45) is 5.92 Å². The minimum absolute atomic E-state index is 0.753. The van der Waals surface area contributed by atoms with Crippen LogP contribution in [-0.2, 0) is 0 Å². The largest absolute Gasteiger partial charge is 0.362 e. The van der Waals surface area contributed by atoms with Gasteiger partial charge < -0.3 is 10.2 Å². The highest BCUT2D eigenvalue weighted by Crippen LogP contribution is 2.26. The fraction of sp³-hybridized carbons (Fsp3) is 0.529. The van der Waals surface area contributed by atoms with E-state index in [4.69, 9.17) is 0 Å². The molecule has 0 bridgehead atoms. The Labute approximate surface area is 126 Å². The van der Waals surface area contributed by atoms with E-state index in [1.807, 2.05) is 26.2 Å². The number of nitrogens with one attached hydrogen (secondary N) is 1. The van der Waals surface area contributed by atoms with Gasteiger partial charge in [0.05, 0.1) is 5.52 Å². The van der Waals surface area contributed by atoms with Crippen LogP contribution < -0.4 is 10.2 Å². The molecule has 112 valence electrons. The molecule has 1 fully saturated rings. The molecule has 21 heavy (non-hydrogen) atoms. The van der Waals surface area contributed by atoms with Gasteiger partial charge in [0.25, 0.3) is 0 Å². The summed E-state index contributed by atoms with van der Waals surface area (Å²) in [5.74, 6) is 2.51. The molecule has 1 aliphatic carbocycles. The first-order chi connectivity index (χ1) is 10.2. The van der Waals surface area contributed by atoms with Crippen molar-refractivity contribution >= 4 is 22.7 Å². The van der Waals surface area contributed by atoms with Gasteiger partial charge in [0, 0.05) is 26.0 Å². The van der Waals surface area contributed by atoms with Gasteiger partial charge in [-0.3, -0.25) is 0 Å². The minimum Gasteiger partial charge on any atom is -0.362 e. The highest BCUT2D eigenvalue weighted by molar-refractivity contribution is 5.90. The Hall–Kier alpha value is -1.84. The van der Waals surface area contributed by atoms with Gasteiger partial charge in [-0.1, -0.05) is 31.4 Å². The first kappa shape index (κ1) is 14.1. The minimum atomic E-state index is 0.753. The molecule has 1 saturated carbocycles. The maximum absolute atomic E-state index is 4.69. The lowest BCUT2D eigenvalue weighted by Gasteiger charge is -2.22. The SMILES string of the molecule is CN(C)c1nc(NCC2CCCCC2)nc2ccccc12. The van der Waals surface area contributed by atoms with Crippen molar-refractivity contribution < 1.29 is 0 Å². The molecule has 4 nitrogen and oxygen atoms in total. The van der Waals surface area contributed by atoms with Gasteiger partial charge in [0.15, 0.2) is 0 Å². The number of hydrogen-bond acceptors (Lipinski definition) is 4. The summed E-state index contributed by atoms with van der Waals surface area (Å²) in [5.41, 5.74) is 1.00. The molecule has 0 unspecified atom stereocenters. The van der Waals surface area contributed by atoms with Crippen molar-refractivity contribution in [1.82, 2.24) is 9.97 Å². The predicted molar refractivity (Wildman–Crippen MR) is 88.9 cm³/mol. The van der Waals surface area contributed by atoms with E-state index >= 15 is 0 Å². The van der Waals surface area contributed by atoms with Gasteiger partial charge >= 0.3 is 0 Å². The van der Waals surface area contributed by atoms with Gasteiger partial charge in [-0.15, -0.1) is 0 Å². The summed E-state index contributed by atoms with van der Waals surface area (Å²) in [5, 5.41) is 4.56. The maximum atomic E-state index is 4.69. The van der Waals surface area contributed by atoms with Crippen LogP contribution in [0.1, 0.15) is 32.1 Å². The summed E-state index contributed by atoms with van der Waals surface area (Å²) in [6.45, 7) is 0.991. The van der Waals surface area contributed by atoms with Gasteiger partial charge in [-0.2, -0.15) is 4.98 Å². The summed E-state index contributed by atoms with van der Waals surface area (Å²) in [4.78, 5) is 11.4. The standard InChI is InChI=1S/C17H24N4/c1-21(2)16-14-10-6-7-11-15(14)19-17(20-16)18-12-13-8-4-3-5-9-13/h6-7,10-11,13H,3-5,8-9,12H2,1-2H3,(H,18,19,20). The molecule has 1 aromatic carbocycles. The molecule has 1 N–H and O–H groups in total. The van der Waals surface area contributed by atoms with E-state index in [0.717, 1.165) is 35.1 Å². The third kappa shape index (κ3) is 3.26. The number of nitrogens with zero attached hydrogens (tertiary/aromatic N) is 3. The van der Waals surface area contributed by atoms with Crippen LogP contribution in [0.3, 0.4) is 0 Å². The van der Waals surface area contributed by atoms with Crippen LogP contribution in [0.15, 0.2) is 24.3 Å². The van der Waals surface area contributed by atoms with Gasteiger partial charge in [0.1, 0.15) is 5.82 Å². The van der Waals surface area contributed by atoms with E-state index in [1.54, 1.807) is 0 Å². The van der Waals surface area contributed by atoms with Gasteiger partial charge in [-0.25, -0.2) is 4.98 Å². The second-order valence-corrected chi connectivity index (χ2v) is 6.17. The average Bonchev–Trinajstić information content (AvgIpc) is 2.53. The molecule has 3 rings (SSSR count). The molecule has 2 aromatic rings. The zero-order chi connectivity index (χ0) is 14.7. The van der Waals surface area contributed by atoms with Crippen molar-refractivity contribution in [3.8, 4) is 0 Å². The molecule has 1 aliphatic rings. The zero-order valence-corrected chi connectivity index (χ0v) is 13.0. The second kappa shape index (κ2) is 6.29. The fourth-order valence-corrected chi connectivity index (χ4v) is 3.11. The number of hydrogen-bond donors (Lipinski definition) is 1. The molecule has 0 spiro atoms. The van der Waals surface area contributed by atoms with Crippen molar-refractivity contribution in [3.63, 3.8) is 0 Å². The van der Waals surface area contributed by atoms with Crippen molar-refractivity contribution in [2.75, 3.05) is 30.9 Å². The Balaban J connectivity index is 1.81. The van der Waals surface area contributed by atoms with E-state index in [2.05, 4.69) is 32.3 Å². The maximum Gasteiger partial charge on any atom is 0.225 e. The van der Waals surface area contributed by atoms with Gasteiger partial charge in [0.2, 0.25) is 5.95 Å². The molecular formula is C17H24N4. The first-order valence-corrected chi connectivity index (χ1v) is 7.92. The van der Waals surface area contributed by atoms with E-state index in [1.165, 1.54) is 32.1 Å². The lowest BCUT2D eigenvalue weighted by molar-refractivity contribution is 0.373. The molecule has 0 radical (unpaired) electrons. The number of anilines is 2. The normalized spacial score (nSPS) is 16.1. The van der Waals surface area contributed by atoms with Crippen LogP contribution >= 0.6 is 0 Å². The summed E-state index contributed by atoms with van der Waals surface area (Å²) < 4.78 is 0. The van der Waals surface area contributed by atoms with E-state index in [0.29, 0.717) is 0 Å². The molecule has 0 atom stereocenters. The summed E-state index contributed by atoms with van der Waals surface area (Å²) >= 11 is 0. The van der Waals surface area contributed by atoms with Crippen molar-refractivity contribution in [1.29, 1.82) is 0 Å². The Morgan fingerprint density at radius 3 is 2.62 bits per heavy atom. The first-order valence-electron chi connectivity index (χ1n) is 7.92. The monoisotopic (exact) mass is 284 g/mol. The topological polar surface area (TPSA) is 41.1 Å². The smallest absolute Gasteiger partial charge is 0.225 e. The number of aromatic nitrogens is 2. The highest BCUT2D eigenvalue weighted by Gasteiger charge is 2.14. The van der Waals surface area contributed by atoms with Crippen LogP contribution in [0, 0.1) is 5.92 Å².